The molecular formula is C22H25Cl2N3. The molecule has 1 heterocycles. The molecule has 3 nitrogen and oxygen atoms in total. The van der Waals surface area contributed by atoms with Crippen molar-refractivity contribution in [2.24, 2.45) is 5.92 Å². The van der Waals surface area contributed by atoms with Gasteiger partial charge in [-0.2, -0.15) is 0 Å². The highest BCUT2D eigenvalue weighted by molar-refractivity contribution is 6.42. The molecule has 1 aliphatic heterocycles. The van der Waals surface area contributed by atoms with Crippen LogP contribution in [0.4, 0.5) is 5.69 Å². The highest BCUT2D eigenvalue weighted by Gasteiger charge is 2.27. The van der Waals surface area contributed by atoms with Crippen LogP contribution in [0, 0.1) is 5.92 Å². The van der Waals surface area contributed by atoms with Crippen LogP contribution in [-0.2, 0) is 6.54 Å². The number of hydrogen-bond acceptors (Lipinski definition) is 3. The molecule has 0 spiro atoms. The van der Waals surface area contributed by atoms with E-state index < -0.39 is 0 Å². The predicted molar refractivity (Wildman–Crippen MR) is 115 cm³/mol. The van der Waals surface area contributed by atoms with Crippen molar-refractivity contribution >= 4 is 35.0 Å². The number of halogens is 2. The molecule has 0 amide bonds. The van der Waals surface area contributed by atoms with Crippen LogP contribution >= 0.6 is 23.2 Å². The molecule has 2 aromatic carbocycles. The van der Waals surface area contributed by atoms with Gasteiger partial charge < -0.3 is 10.6 Å². The topological polar surface area (TPSA) is 36.1 Å². The SMILES string of the molecule is Clc1ccc(CNC2CCCC2CNC2C=Cc3ccccc3N2)cc1Cl. The number of hydrogen-bond donors (Lipinski definition) is 3. The standard InChI is InChI=1S/C22H25Cl2N3/c23-18-10-8-15(12-19(18)24)13-25-20-7-3-5-17(20)14-26-22-11-9-16-4-1-2-6-21(16)27-22/h1-2,4,6,8-12,17,20,22,25-27H,3,5,7,13-14H2. The molecule has 0 radical (unpaired) electrons. The number of benzene rings is 2. The van der Waals surface area contributed by atoms with Gasteiger partial charge in [-0.1, -0.05) is 60.0 Å². The van der Waals surface area contributed by atoms with E-state index in [1.165, 1.54) is 36.1 Å². The average molecular weight is 402 g/mol. The van der Waals surface area contributed by atoms with Crippen molar-refractivity contribution < 1.29 is 0 Å². The third kappa shape index (κ3) is 4.67. The summed E-state index contributed by atoms with van der Waals surface area (Å²) in [6.07, 6.45) is 8.36. The van der Waals surface area contributed by atoms with Crippen molar-refractivity contribution in [3.8, 4) is 0 Å². The van der Waals surface area contributed by atoms with Crippen molar-refractivity contribution in [2.75, 3.05) is 11.9 Å². The Morgan fingerprint density at radius 2 is 1.89 bits per heavy atom. The fourth-order valence-electron chi connectivity index (χ4n) is 4.04. The Bertz CT molecular complexity index is 821. The van der Waals surface area contributed by atoms with Gasteiger partial charge in [0.1, 0.15) is 0 Å². The normalized spacial score (nSPS) is 23.9. The van der Waals surface area contributed by atoms with E-state index in [1.807, 2.05) is 18.2 Å². The van der Waals surface area contributed by atoms with Crippen LogP contribution in [0.2, 0.25) is 10.0 Å². The van der Waals surface area contributed by atoms with Gasteiger partial charge in [0, 0.05) is 24.8 Å². The fraction of sp³-hybridized carbons (Fsp3) is 0.364. The molecule has 3 atom stereocenters. The van der Waals surface area contributed by atoms with Gasteiger partial charge >= 0.3 is 0 Å². The molecule has 2 aliphatic rings. The van der Waals surface area contributed by atoms with Crippen molar-refractivity contribution in [2.45, 2.75) is 38.0 Å². The summed E-state index contributed by atoms with van der Waals surface area (Å²) in [6, 6.07) is 14.8. The maximum Gasteiger partial charge on any atom is 0.0964 e. The highest BCUT2D eigenvalue weighted by Crippen LogP contribution is 2.27. The first-order valence-electron chi connectivity index (χ1n) is 9.63. The van der Waals surface area contributed by atoms with Crippen LogP contribution in [0.1, 0.15) is 30.4 Å². The minimum Gasteiger partial charge on any atom is -0.366 e. The van der Waals surface area contributed by atoms with Gasteiger partial charge in [0.25, 0.3) is 0 Å². The van der Waals surface area contributed by atoms with Crippen LogP contribution in [0.15, 0.2) is 48.5 Å². The first-order chi connectivity index (χ1) is 13.2. The molecule has 0 aromatic heterocycles. The molecule has 1 aliphatic carbocycles. The van der Waals surface area contributed by atoms with Crippen LogP contribution in [0.25, 0.3) is 6.08 Å². The van der Waals surface area contributed by atoms with Gasteiger partial charge in [-0.3, -0.25) is 5.32 Å². The molecule has 3 N–H and O–H groups in total. The second-order valence-electron chi connectivity index (χ2n) is 7.40. The lowest BCUT2D eigenvalue weighted by Crippen LogP contribution is -2.43. The second-order valence-corrected chi connectivity index (χ2v) is 8.22. The Balaban J connectivity index is 1.28. The third-order valence-corrected chi connectivity index (χ3v) is 6.29. The van der Waals surface area contributed by atoms with E-state index in [1.54, 1.807) is 0 Å². The number of para-hydroxylation sites is 1. The van der Waals surface area contributed by atoms with Crippen molar-refractivity contribution in [1.29, 1.82) is 0 Å². The molecule has 1 fully saturated rings. The lowest BCUT2D eigenvalue weighted by Gasteiger charge is -2.27. The summed E-state index contributed by atoms with van der Waals surface area (Å²) in [5, 5.41) is 12.2. The molecule has 5 heteroatoms. The van der Waals surface area contributed by atoms with Gasteiger partial charge in [0.05, 0.1) is 16.2 Å². The van der Waals surface area contributed by atoms with Gasteiger partial charge in [-0.25, -0.2) is 0 Å². The van der Waals surface area contributed by atoms with Crippen molar-refractivity contribution in [3.63, 3.8) is 0 Å². The summed E-state index contributed by atoms with van der Waals surface area (Å²) >= 11 is 12.1. The van der Waals surface area contributed by atoms with E-state index >= 15 is 0 Å². The molecule has 0 bridgehead atoms. The third-order valence-electron chi connectivity index (χ3n) is 5.55. The average Bonchev–Trinajstić information content (AvgIpc) is 3.14. The van der Waals surface area contributed by atoms with Crippen molar-refractivity contribution in [1.82, 2.24) is 10.6 Å². The molecule has 4 rings (SSSR count). The van der Waals surface area contributed by atoms with E-state index in [9.17, 15) is 0 Å². The van der Waals surface area contributed by atoms with Gasteiger partial charge in [0.15, 0.2) is 0 Å². The van der Waals surface area contributed by atoms with Gasteiger partial charge in [-0.15, -0.1) is 0 Å². The zero-order chi connectivity index (χ0) is 18.6. The first kappa shape index (κ1) is 18.8. The minimum absolute atomic E-state index is 0.191. The Morgan fingerprint density at radius 1 is 1.00 bits per heavy atom. The lowest BCUT2D eigenvalue weighted by molar-refractivity contribution is 0.374. The van der Waals surface area contributed by atoms with Crippen LogP contribution < -0.4 is 16.0 Å². The lowest BCUT2D eigenvalue weighted by atomic mass is 10.0. The van der Waals surface area contributed by atoms with E-state index in [4.69, 9.17) is 23.2 Å². The van der Waals surface area contributed by atoms with Crippen LogP contribution in [-0.4, -0.2) is 18.8 Å². The fourth-order valence-corrected chi connectivity index (χ4v) is 4.36. The summed E-state index contributed by atoms with van der Waals surface area (Å²) in [5.41, 5.74) is 3.62. The van der Waals surface area contributed by atoms with Crippen molar-refractivity contribution in [3.05, 3.63) is 69.7 Å². The molecule has 27 heavy (non-hydrogen) atoms. The molecule has 3 unspecified atom stereocenters. The summed E-state index contributed by atoms with van der Waals surface area (Å²) in [7, 11) is 0. The summed E-state index contributed by atoms with van der Waals surface area (Å²) in [5.74, 6) is 0.639. The molecule has 142 valence electrons. The molecule has 0 saturated heterocycles. The number of anilines is 1. The first-order valence-corrected chi connectivity index (χ1v) is 10.4. The maximum atomic E-state index is 6.13. The number of rotatable bonds is 6. The van der Waals surface area contributed by atoms with Gasteiger partial charge in [0.2, 0.25) is 0 Å². The Kier molecular flexibility index (Phi) is 6.04. The predicted octanol–water partition coefficient (Wildman–Crippen LogP) is 5.31. The largest absolute Gasteiger partial charge is 0.366 e. The Hall–Kier alpha value is -1.52. The Labute approximate surface area is 171 Å². The van der Waals surface area contributed by atoms with Crippen LogP contribution in [0.5, 0.6) is 0 Å². The van der Waals surface area contributed by atoms with E-state index in [0.717, 1.165) is 13.1 Å². The molecular weight excluding hydrogens is 377 g/mol. The monoisotopic (exact) mass is 401 g/mol. The summed E-state index contributed by atoms with van der Waals surface area (Å²) in [6.45, 7) is 1.83. The maximum absolute atomic E-state index is 6.13. The summed E-state index contributed by atoms with van der Waals surface area (Å²) in [4.78, 5) is 0. The minimum atomic E-state index is 0.191. The Morgan fingerprint density at radius 3 is 2.78 bits per heavy atom. The van der Waals surface area contributed by atoms with E-state index in [0.29, 0.717) is 22.0 Å². The van der Waals surface area contributed by atoms with Gasteiger partial charge in [-0.05, 0) is 54.2 Å². The molecule has 2 aromatic rings. The zero-order valence-corrected chi connectivity index (χ0v) is 16.7. The smallest absolute Gasteiger partial charge is 0.0964 e. The molecule has 1 saturated carbocycles. The second kappa shape index (κ2) is 8.66. The van der Waals surface area contributed by atoms with Crippen LogP contribution in [0.3, 0.4) is 0 Å². The van der Waals surface area contributed by atoms with E-state index in [2.05, 4.69) is 52.4 Å². The van der Waals surface area contributed by atoms with E-state index in [-0.39, 0.29) is 6.17 Å². The number of fused-ring (bicyclic) bond motifs is 1. The summed E-state index contributed by atoms with van der Waals surface area (Å²) < 4.78 is 0. The number of nitrogens with one attached hydrogen (secondary N) is 3. The quantitative estimate of drug-likeness (QED) is 0.613. The highest BCUT2D eigenvalue weighted by atomic mass is 35.5. The zero-order valence-electron chi connectivity index (χ0n) is 15.2.